The van der Waals surface area contributed by atoms with E-state index in [0.29, 0.717) is 6.42 Å². The molecule has 1 atom stereocenters. The van der Waals surface area contributed by atoms with Gasteiger partial charge in [-0.1, -0.05) is 31.5 Å². The van der Waals surface area contributed by atoms with Gasteiger partial charge in [0.1, 0.15) is 11.6 Å². The molecular formula is C24H25N3O2. The van der Waals surface area contributed by atoms with E-state index in [0.717, 1.165) is 46.2 Å². The number of ketones is 1. The fourth-order valence-corrected chi connectivity index (χ4v) is 4.69. The molecule has 0 amide bonds. The molecule has 2 aromatic heterocycles. The standard InChI is InChI=1S/C24H25N3O2/c1-14-7-9-16(10-8-14)27-23-20(15(2)26-27)22(19-6-5-11-29-19)21-17(25-23)12-24(3,4)13-18(21)28/h5-11,22,25H,12-13H2,1-4H3. The lowest BCUT2D eigenvalue weighted by atomic mass is 9.70. The number of hydrogen-bond donors (Lipinski definition) is 1. The summed E-state index contributed by atoms with van der Waals surface area (Å²) in [5, 5.41) is 8.44. The molecule has 148 valence electrons. The van der Waals surface area contributed by atoms with Crippen molar-refractivity contribution in [3.05, 3.63) is 76.5 Å². The molecule has 0 bridgehead atoms. The van der Waals surface area contributed by atoms with Crippen LogP contribution in [0.15, 0.2) is 58.3 Å². The Kier molecular flexibility index (Phi) is 3.85. The molecule has 1 unspecified atom stereocenters. The normalized spacial score (nSPS) is 20.3. The molecule has 3 heterocycles. The van der Waals surface area contributed by atoms with E-state index in [4.69, 9.17) is 9.52 Å². The molecule has 0 radical (unpaired) electrons. The highest BCUT2D eigenvalue weighted by atomic mass is 16.3. The van der Waals surface area contributed by atoms with E-state index >= 15 is 0 Å². The summed E-state index contributed by atoms with van der Waals surface area (Å²) in [7, 11) is 0. The molecule has 0 spiro atoms. The Labute approximate surface area is 170 Å². The third kappa shape index (κ3) is 2.84. The monoisotopic (exact) mass is 387 g/mol. The average Bonchev–Trinajstić information content (AvgIpc) is 3.28. The van der Waals surface area contributed by atoms with Crippen LogP contribution in [0, 0.1) is 19.3 Å². The summed E-state index contributed by atoms with van der Waals surface area (Å²) in [6, 6.07) is 12.2. The number of Topliss-reactive ketones (excluding diaryl/α,β-unsaturated/α-hetero) is 1. The molecule has 1 N–H and O–H groups in total. The molecular weight excluding hydrogens is 362 g/mol. The number of carbonyl (C=O) groups excluding carboxylic acids is 1. The predicted octanol–water partition coefficient (Wildman–Crippen LogP) is 5.28. The van der Waals surface area contributed by atoms with Gasteiger partial charge >= 0.3 is 0 Å². The average molecular weight is 387 g/mol. The molecule has 1 aliphatic carbocycles. The minimum absolute atomic E-state index is 0.0715. The third-order valence-electron chi connectivity index (χ3n) is 5.98. The third-order valence-corrected chi connectivity index (χ3v) is 5.98. The minimum atomic E-state index is -0.223. The van der Waals surface area contributed by atoms with Gasteiger partial charge in [-0.25, -0.2) is 4.68 Å². The van der Waals surface area contributed by atoms with Crippen LogP contribution in [-0.4, -0.2) is 15.6 Å². The SMILES string of the molecule is Cc1ccc(-n2nc(C)c3c2NC2=C(C(=O)CC(C)(C)C2)C3c2ccco2)cc1. The summed E-state index contributed by atoms with van der Waals surface area (Å²) < 4.78 is 7.77. The van der Waals surface area contributed by atoms with Crippen LogP contribution in [0.25, 0.3) is 5.69 Å². The van der Waals surface area contributed by atoms with Crippen molar-refractivity contribution in [3.8, 4) is 5.69 Å². The Balaban J connectivity index is 1.74. The molecule has 3 aromatic rings. The van der Waals surface area contributed by atoms with Gasteiger partial charge in [-0.15, -0.1) is 0 Å². The molecule has 29 heavy (non-hydrogen) atoms. The highest BCUT2D eigenvalue weighted by Crippen LogP contribution is 2.50. The minimum Gasteiger partial charge on any atom is -0.468 e. The number of allylic oxidation sites excluding steroid dienone is 2. The first-order valence-electron chi connectivity index (χ1n) is 10.1. The summed E-state index contributed by atoms with van der Waals surface area (Å²) in [4.78, 5) is 13.2. The summed E-state index contributed by atoms with van der Waals surface area (Å²) in [6.07, 6.45) is 3.04. The highest BCUT2D eigenvalue weighted by Gasteiger charge is 2.43. The zero-order valence-electron chi connectivity index (χ0n) is 17.2. The lowest BCUT2D eigenvalue weighted by Crippen LogP contribution is -2.34. The number of aromatic nitrogens is 2. The second kappa shape index (κ2) is 6.21. The van der Waals surface area contributed by atoms with Crippen molar-refractivity contribution in [2.24, 2.45) is 5.41 Å². The quantitative estimate of drug-likeness (QED) is 0.650. The number of nitrogens with zero attached hydrogens (tertiary/aromatic N) is 2. The molecule has 5 nitrogen and oxygen atoms in total. The van der Waals surface area contributed by atoms with Crippen LogP contribution in [0.4, 0.5) is 5.82 Å². The number of anilines is 1. The van der Waals surface area contributed by atoms with Crippen molar-refractivity contribution in [2.75, 3.05) is 5.32 Å². The van der Waals surface area contributed by atoms with Gasteiger partial charge in [0.2, 0.25) is 0 Å². The van der Waals surface area contributed by atoms with Gasteiger partial charge in [0.25, 0.3) is 0 Å². The van der Waals surface area contributed by atoms with Crippen LogP contribution in [-0.2, 0) is 4.79 Å². The molecule has 5 heteroatoms. The molecule has 0 saturated heterocycles. The van der Waals surface area contributed by atoms with Gasteiger partial charge < -0.3 is 9.73 Å². The number of nitrogens with one attached hydrogen (secondary N) is 1. The van der Waals surface area contributed by atoms with Crippen molar-refractivity contribution in [2.45, 2.75) is 46.5 Å². The Morgan fingerprint density at radius 2 is 1.90 bits per heavy atom. The van der Waals surface area contributed by atoms with E-state index in [1.165, 1.54) is 5.56 Å². The molecule has 1 aliphatic heterocycles. The zero-order chi connectivity index (χ0) is 20.3. The van der Waals surface area contributed by atoms with E-state index in [1.807, 2.05) is 23.7 Å². The van der Waals surface area contributed by atoms with Crippen molar-refractivity contribution >= 4 is 11.6 Å². The maximum Gasteiger partial charge on any atom is 0.162 e. The number of rotatable bonds is 2. The van der Waals surface area contributed by atoms with Gasteiger partial charge in [0.15, 0.2) is 5.78 Å². The zero-order valence-corrected chi connectivity index (χ0v) is 17.2. The maximum absolute atomic E-state index is 13.2. The first kappa shape index (κ1) is 18.0. The van der Waals surface area contributed by atoms with Crippen LogP contribution in [0.3, 0.4) is 0 Å². The highest BCUT2D eigenvalue weighted by molar-refractivity contribution is 6.01. The van der Waals surface area contributed by atoms with E-state index in [9.17, 15) is 4.79 Å². The van der Waals surface area contributed by atoms with Crippen molar-refractivity contribution in [1.82, 2.24) is 9.78 Å². The Bertz CT molecular complexity index is 1130. The van der Waals surface area contributed by atoms with Crippen molar-refractivity contribution in [3.63, 3.8) is 0 Å². The number of benzene rings is 1. The van der Waals surface area contributed by atoms with Gasteiger partial charge in [-0.05, 0) is 49.9 Å². The fraction of sp³-hybridized carbons (Fsp3) is 0.333. The molecule has 0 saturated carbocycles. The summed E-state index contributed by atoms with van der Waals surface area (Å²) >= 11 is 0. The summed E-state index contributed by atoms with van der Waals surface area (Å²) in [6.45, 7) is 8.38. The van der Waals surface area contributed by atoms with Gasteiger partial charge in [0, 0.05) is 23.3 Å². The molecule has 5 rings (SSSR count). The predicted molar refractivity (Wildman–Crippen MR) is 112 cm³/mol. The van der Waals surface area contributed by atoms with E-state index in [1.54, 1.807) is 6.26 Å². The van der Waals surface area contributed by atoms with E-state index < -0.39 is 0 Å². The second-order valence-electron chi connectivity index (χ2n) is 9.00. The van der Waals surface area contributed by atoms with Gasteiger partial charge in [-0.2, -0.15) is 5.10 Å². The van der Waals surface area contributed by atoms with Crippen molar-refractivity contribution < 1.29 is 9.21 Å². The number of fused-ring (bicyclic) bond motifs is 1. The van der Waals surface area contributed by atoms with Crippen LogP contribution >= 0.6 is 0 Å². The second-order valence-corrected chi connectivity index (χ2v) is 9.00. The van der Waals surface area contributed by atoms with Crippen LogP contribution in [0.1, 0.15) is 55.2 Å². The summed E-state index contributed by atoms with van der Waals surface area (Å²) in [5.74, 6) is 1.69. The number of carbonyl (C=O) groups is 1. The van der Waals surface area contributed by atoms with E-state index in [2.05, 4.69) is 50.4 Å². The Morgan fingerprint density at radius 1 is 1.14 bits per heavy atom. The lowest BCUT2D eigenvalue weighted by molar-refractivity contribution is -0.118. The Hall–Kier alpha value is -3.08. The number of hydrogen-bond acceptors (Lipinski definition) is 4. The first-order valence-corrected chi connectivity index (χ1v) is 10.1. The van der Waals surface area contributed by atoms with Crippen LogP contribution < -0.4 is 5.32 Å². The first-order chi connectivity index (χ1) is 13.8. The maximum atomic E-state index is 13.2. The van der Waals surface area contributed by atoms with Gasteiger partial charge in [-0.3, -0.25) is 4.79 Å². The topological polar surface area (TPSA) is 60.1 Å². The largest absolute Gasteiger partial charge is 0.468 e. The summed E-state index contributed by atoms with van der Waals surface area (Å²) in [5.41, 5.74) is 5.88. The fourth-order valence-electron chi connectivity index (χ4n) is 4.69. The smallest absolute Gasteiger partial charge is 0.162 e. The van der Waals surface area contributed by atoms with Gasteiger partial charge in [0.05, 0.1) is 23.6 Å². The molecule has 2 aliphatic rings. The Morgan fingerprint density at radius 3 is 2.59 bits per heavy atom. The van der Waals surface area contributed by atoms with Crippen LogP contribution in [0.2, 0.25) is 0 Å². The number of furan rings is 1. The van der Waals surface area contributed by atoms with E-state index in [-0.39, 0.29) is 17.1 Å². The lowest BCUT2D eigenvalue weighted by Gasteiger charge is -2.38. The molecule has 0 fully saturated rings. The van der Waals surface area contributed by atoms with Crippen molar-refractivity contribution in [1.29, 1.82) is 0 Å². The molecule has 1 aromatic carbocycles. The van der Waals surface area contributed by atoms with Crippen LogP contribution in [0.5, 0.6) is 0 Å². The number of aryl methyl sites for hydroxylation is 2.